The molecule has 7 nitrogen and oxygen atoms in total. The van der Waals surface area contributed by atoms with Gasteiger partial charge in [-0.25, -0.2) is 9.78 Å². The van der Waals surface area contributed by atoms with E-state index in [9.17, 15) is 18.0 Å². The predicted molar refractivity (Wildman–Crippen MR) is 84.8 cm³/mol. The number of aromatic nitrogens is 1. The van der Waals surface area contributed by atoms with Gasteiger partial charge in [0.05, 0.1) is 5.56 Å². The Morgan fingerprint density at radius 3 is 2.72 bits per heavy atom. The summed E-state index contributed by atoms with van der Waals surface area (Å²) in [6.07, 6.45) is -3.72. The molecule has 1 atom stereocenters. The summed E-state index contributed by atoms with van der Waals surface area (Å²) >= 11 is 5.72. The van der Waals surface area contributed by atoms with Crippen LogP contribution in [0.25, 0.3) is 0 Å². The number of allylic oxidation sites excluding steroid dienone is 1. The van der Waals surface area contributed by atoms with E-state index < -0.39 is 24.0 Å². The zero-order valence-corrected chi connectivity index (χ0v) is 14.5. The zero-order chi connectivity index (χ0) is 19.2. The van der Waals surface area contributed by atoms with Crippen molar-refractivity contribution in [1.29, 1.82) is 0 Å². The van der Waals surface area contributed by atoms with E-state index >= 15 is 0 Å². The molecule has 1 heterocycles. The Balaban J connectivity index is 2.72. The van der Waals surface area contributed by atoms with Gasteiger partial charge in [-0.05, 0) is 19.1 Å². The average Bonchev–Trinajstić information content (AvgIpc) is 2.48. The number of hydrogen-bond acceptors (Lipinski definition) is 5. The van der Waals surface area contributed by atoms with Gasteiger partial charge < -0.3 is 19.7 Å². The molecule has 0 aliphatic heterocycles. The Morgan fingerprint density at radius 1 is 1.56 bits per heavy atom. The lowest BCUT2D eigenvalue weighted by Crippen LogP contribution is -2.38. The van der Waals surface area contributed by atoms with Gasteiger partial charge in [0, 0.05) is 26.1 Å². The number of carbonyl (C=O) groups excluding carboxylic acids is 1. The van der Waals surface area contributed by atoms with E-state index in [2.05, 4.69) is 10.3 Å². The van der Waals surface area contributed by atoms with E-state index in [4.69, 9.17) is 26.8 Å². The molecule has 1 aromatic heterocycles. The van der Waals surface area contributed by atoms with Crippen molar-refractivity contribution in [3.63, 3.8) is 0 Å². The molecule has 25 heavy (non-hydrogen) atoms. The van der Waals surface area contributed by atoms with Gasteiger partial charge in [0.2, 0.25) is 5.88 Å². The quantitative estimate of drug-likeness (QED) is 0.738. The Morgan fingerprint density at radius 2 is 2.20 bits per heavy atom. The van der Waals surface area contributed by atoms with Gasteiger partial charge in [-0.3, -0.25) is 5.73 Å². The predicted octanol–water partition coefficient (Wildman–Crippen LogP) is 2.57. The van der Waals surface area contributed by atoms with Crippen LogP contribution in [0, 0.1) is 0 Å². The third kappa shape index (κ3) is 6.77. The molecule has 0 saturated heterocycles. The molecular weight excluding hydrogens is 365 g/mol. The number of hydrogen-bond donors (Lipinski definition) is 2. The van der Waals surface area contributed by atoms with Crippen LogP contribution in [0.15, 0.2) is 24.0 Å². The molecule has 0 aliphatic carbocycles. The molecule has 0 radical (unpaired) electrons. The number of methoxy groups -OCH3 is 1. The van der Waals surface area contributed by atoms with E-state index in [0.717, 1.165) is 0 Å². The topological polar surface area (TPSA) is 89.7 Å². The highest BCUT2D eigenvalue weighted by atomic mass is 35.5. The minimum absolute atomic E-state index is 0.0900. The first kappa shape index (κ1) is 21.0. The normalized spacial score (nSPS) is 13.4. The molecule has 2 amide bonds. The number of nitrogens with one attached hydrogen (secondary N) is 1. The van der Waals surface area contributed by atoms with Crippen molar-refractivity contribution in [2.75, 3.05) is 20.9 Å². The Bertz CT molecular complexity index is 640. The van der Waals surface area contributed by atoms with Crippen LogP contribution in [0.1, 0.15) is 12.5 Å². The third-order valence-electron chi connectivity index (χ3n) is 2.77. The number of urea groups is 1. The molecule has 1 rings (SSSR count). The van der Waals surface area contributed by atoms with Gasteiger partial charge in [0.15, 0.2) is 6.23 Å². The van der Waals surface area contributed by atoms with Crippen molar-refractivity contribution < 1.29 is 27.4 Å². The number of pyridine rings is 1. The first-order valence-corrected chi connectivity index (χ1v) is 7.26. The maximum absolute atomic E-state index is 12.5. The van der Waals surface area contributed by atoms with Crippen LogP contribution in [0.3, 0.4) is 0 Å². The average molecular weight is 383 g/mol. The maximum Gasteiger partial charge on any atom is 0.417 e. The summed E-state index contributed by atoms with van der Waals surface area (Å²) < 4.78 is 47.6. The van der Waals surface area contributed by atoms with Crippen molar-refractivity contribution in [3.8, 4) is 5.88 Å². The number of amides is 2. The maximum atomic E-state index is 12.5. The lowest BCUT2D eigenvalue weighted by Gasteiger charge is -2.18. The molecule has 1 aromatic rings. The van der Waals surface area contributed by atoms with Crippen molar-refractivity contribution in [2.24, 2.45) is 5.73 Å². The molecular formula is C14H18ClF3N4O3. The second kappa shape index (κ2) is 8.88. The molecule has 140 valence electrons. The monoisotopic (exact) mass is 382 g/mol. The molecule has 0 aliphatic rings. The highest BCUT2D eigenvalue weighted by Gasteiger charge is 2.31. The van der Waals surface area contributed by atoms with Crippen molar-refractivity contribution in [3.05, 3.63) is 34.6 Å². The summed E-state index contributed by atoms with van der Waals surface area (Å²) in [5.41, 5.74) is 5.06. The Kier molecular flexibility index (Phi) is 7.46. The van der Waals surface area contributed by atoms with Crippen LogP contribution >= 0.6 is 11.6 Å². The van der Waals surface area contributed by atoms with Gasteiger partial charge in [0.25, 0.3) is 0 Å². The van der Waals surface area contributed by atoms with E-state index in [0.29, 0.717) is 18.0 Å². The minimum atomic E-state index is -4.56. The fourth-order valence-corrected chi connectivity index (χ4v) is 1.85. The fourth-order valence-electron chi connectivity index (χ4n) is 1.63. The summed E-state index contributed by atoms with van der Waals surface area (Å²) in [5.74, 6) is -0.256. The Labute approximate surface area is 147 Å². The van der Waals surface area contributed by atoms with Crippen LogP contribution in [0.5, 0.6) is 5.88 Å². The lowest BCUT2D eigenvalue weighted by atomic mass is 10.3. The first-order chi connectivity index (χ1) is 11.5. The van der Waals surface area contributed by atoms with Gasteiger partial charge in [-0.2, -0.15) is 13.2 Å². The molecule has 0 aromatic carbocycles. The second-order valence-corrected chi connectivity index (χ2v) is 5.39. The minimum Gasteiger partial charge on any atom is -0.454 e. The van der Waals surface area contributed by atoms with Crippen LogP contribution in [-0.2, 0) is 10.9 Å². The zero-order valence-electron chi connectivity index (χ0n) is 13.7. The van der Waals surface area contributed by atoms with E-state index in [-0.39, 0.29) is 17.6 Å². The largest absolute Gasteiger partial charge is 0.454 e. The molecule has 0 bridgehead atoms. The summed E-state index contributed by atoms with van der Waals surface area (Å²) in [4.78, 5) is 16.5. The number of nitrogens with zero attached hydrogens (tertiary/aromatic N) is 2. The number of halogens is 4. The number of ether oxygens (including phenoxy) is 2. The molecule has 0 saturated carbocycles. The summed E-state index contributed by atoms with van der Waals surface area (Å²) in [5, 5.41) is 2.20. The second-order valence-electron chi connectivity index (χ2n) is 4.99. The van der Waals surface area contributed by atoms with Crippen LogP contribution in [0.4, 0.5) is 18.0 Å². The van der Waals surface area contributed by atoms with Crippen molar-refractivity contribution in [1.82, 2.24) is 15.2 Å². The van der Waals surface area contributed by atoms with Gasteiger partial charge in [0.1, 0.15) is 11.8 Å². The molecule has 11 heteroatoms. The lowest BCUT2D eigenvalue weighted by molar-refractivity contribution is -0.137. The number of rotatable bonds is 6. The summed E-state index contributed by atoms with van der Waals surface area (Å²) in [6.45, 7) is 1.65. The van der Waals surface area contributed by atoms with E-state index in [1.165, 1.54) is 25.1 Å². The van der Waals surface area contributed by atoms with Crippen LogP contribution in [-0.4, -0.2) is 43.0 Å². The standard InChI is InChI=1S/C14H18ClF3N4O3/c1-8(21-13(23)22(2)7-24-3)4-11(19)25-12-10(15)5-9(6-20-12)14(16,17)18/h4-6,11H,7,19H2,1-3H3,(H,21,23)/b8-4-. The summed E-state index contributed by atoms with van der Waals surface area (Å²) in [6, 6.07) is 0.253. The number of carbonyl (C=O) groups is 1. The highest BCUT2D eigenvalue weighted by Crippen LogP contribution is 2.33. The first-order valence-electron chi connectivity index (χ1n) is 6.89. The smallest absolute Gasteiger partial charge is 0.417 e. The van der Waals surface area contributed by atoms with Crippen LogP contribution in [0.2, 0.25) is 5.02 Å². The third-order valence-corrected chi connectivity index (χ3v) is 3.04. The van der Waals surface area contributed by atoms with Gasteiger partial charge in [-0.15, -0.1) is 0 Å². The van der Waals surface area contributed by atoms with Crippen molar-refractivity contribution >= 4 is 17.6 Å². The fraction of sp³-hybridized carbons (Fsp3) is 0.429. The van der Waals surface area contributed by atoms with Crippen LogP contribution < -0.4 is 15.8 Å². The Hall–Kier alpha value is -2.04. The number of alkyl halides is 3. The number of nitrogens with two attached hydrogens (primary N) is 1. The molecule has 3 N–H and O–H groups in total. The molecule has 0 fully saturated rings. The van der Waals surface area contributed by atoms with Gasteiger partial charge in [-0.1, -0.05) is 11.6 Å². The summed E-state index contributed by atoms with van der Waals surface area (Å²) in [7, 11) is 2.96. The van der Waals surface area contributed by atoms with E-state index in [1.807, 2.05) is 0 Å². The molecule has 0 spiro atoms. The SMILES string of the molecule is COCN(C)C(=O)N/C(C)=C\C(N)Oc1ncc(C(F)(F)F)cc1Cl. The highest BCUT2D eigenvalue weighted by molar-refractivity contribution is 6.31. The van der Waals surface area contributed by atoms with Crippen molar-refractivity contribution in [2.45, 2.75) is 19.3 Å². The van der Waals surface area contributed by atoms with E-state index in [1.54, 1.807) is 6.92 Å². The van der Waals surface area contributed by atoms with Gasteiger partial charge >= 0.3 is 12.2 Å². The molecule has 1 unspecified atom stereocenters.